The predicted octanol–water partition coefficient (Wildman–Crippen LogP) is 0.656. The Morgan fingerprint density at radius 3 is 2.52 bits per heavy atom. The van der Waals surface area contributed by atoms with Gasteiger partial charge in [-0.15, -0.1) is 5.10 Å². The van der Waals surface area contributed by atoms with E-state index in [9.17, 15) is 9.59 Å². The van der Waals surface area contributed by atoms with Crippen LogP contribution in [0.15, 0.2) is 12.4 Å². The second-order valence-electron chi connectivity index (χ2n) is 7.09. The van der Waals surface area contributed by atoms with Crippen LogP contribution in [0.5, 0.6) is 0 Å². The van der Waals surface area contributed by atoms with Crippen LogP contribution >= 0.6 is 0 Å². The zero-order chi connectivity index (χ0) is 21.0. The summed E-state index contributed by atoms with van der Waals surface area (Å²) in [7, 11) is 3.32. The van der Waals surface area contributed by atoms with Crippen LogP contribution in [0.3, 0.4) is 0 Å². The SMILES string of the molecule is CCc1c(C(=O)N2CCCN(C(=O)C(OC)c3cnn(C)c3)CC2)nnn1CC. The number of aryl methyl sites for hydroxylation is 2. The lowest BCUT2D eigenvalue weighted by Gasteiger charge is -2.25. The van der Waals surface area contributed by atoms with E-state index in [0.29, 0.717) is 51.3 Å². The van der Waals surface area contributed by atoms with E-state index >= 15 is 0 Å². The normalized spacial score (nSPS) is 16.0. The van der Waals surface area contributed by atoms with Gasteiger partial charge < -0.3 is 14.5 Å². The molecule has 1 fully saturated rings. The molecule has 0 bridgehead atoms. The molecule has 0 saturated carbocycles. The van der Waals surface area contributed by atoms with Crippen LogP contribution < -0.4 is 0 Å². The second kappa shape index (κ2) is 9.17. The Morgan fingerprint density at radius 2 is 1.90 bits per heavy atom. The van der Waals surface area contributed by atoms with Gasteiger partial charge in [-0.05, 0) is 19.8 Å². The van der Waals surface area contributed by atoms with Gasteiger partial charge in [0.15, 0.2) is 11.8 Å². The summed E-state index contributed by atoms with van der Waals surface area (Å²) in [5.74, 6) is -0.229. The molecule has 2 aromatic rings. The minimum atomic E-state index is -0.693. The summed E-state index contributed by atoms with van der Waals surface area (Å²) in [6.45, 7) is 6.71. The molecule has 1 aliphatic rings. The molecule has 1 unspecified atom stereocenters. The van der Waals surface area contributed by atoms with E-state index in [1.165, 1.54) is 7.11 Å². The maximum atomic E-state index is 13.0. The zero-order valence-electron chi connectivity index (χ0n) is 17.5. The van der Waals surface area contributed by atoms with Crippen molar-refractivity contribution >= 4 is 11.8 Å². The Labute approximate surface area is 170 Å². The van der Waals surface area contributed by atoms with E-state index in [4.69, 9.17) is 4.74 Å². The van der Waals surface area contributed by atoms with Gasteiger partial charge >= 0.3 is 0 Å². The molecule has 10 heteroatoms. The minimum Gasteiger partial charge on any atom is -0.367 e. The molecular formula is C19H29N7O3. The molecule has 158 valence electrons. The van der Waals surface area contributed by atoms with Crippen molar-refractivity contribution in [3.8, 4) is 0 Å². The summed E-state index contributed by atoms with van der Waals surface area (Å²) in [5, 5.41) is 12.3. The molecule has 10 nitrogen and oxygen atoms in total. The van der Waals surface area contributed by atoms with Crippen molar-refractivity contribution < 1.29 is 14.3 Å². The van der Waals surface area contributed by atoms with Crippen LogP contribution in [0.2, 0.25) is 0 Å². The lowest BCUT2D eigenvalue weighted by Crippen LogP contribution is -2.40. The van der Waals surface area contributed by atoms with Gasteiger partial charge in [0, 0.05) is 58.6 Å². The number of carbonyl (C=O) groups is 2. The Hall–Kier alpha value is -2.75. The highest BCUT2D eigenvalue weighted by Gasteiger charge is 2.30. The van der Waals surface area contributed by atoms with Crippen LogP contribution in [-0.4, -0.2) is 79.7 Å². The number of ether oxygens (including phenoxy) is 1. The van der Waals surface area contributed by atoms with Gasteiger partial charge in [0.05, 0.1) is 11.9 Å². The van der Waals surface area contributed by atoms with Crippen LogP contribution in [0.1, 0.15) is 48.1 Å². The third-order valence-corrected chi connectivity index (χ3v) is 5.26. The van der Waals surface area contributed by atoms with Crippen molar-refractivity contribution in [3.05, 3.63) is 29.3 Å². The van der Waals surface area contributed by atoms with Crippen molar-refractivity contribution in [2.24, 2.45) is 7.05 Å². The van der Waals surface area contributed by atoms with Gasteiger partial charge in [-0.25, -0.2) is 4.68 Å². The highest BCUT2D eigenvalue weighted by molar-refractivity contribution is 5.93. The molecule has 1 atom stereocenters. The van der Waals surface area contributed by atoms with E-state index in [1.807, 2.05) is 13.8 Å². The first-order chi connectivity index (χ1) is 14.0. The number of hydrogen-bond acceptors (Lipinski definition) is 6. The topological polar surface area (TPSA) is 98.4 Å². The van der Waals surface area contributed by atoms with Gasteiger partial charge in [-0.1, -0.05) is 12.1 Å². The molecule has 0 radical (unpaired) electrons. The van der Waals surface area contributed by atoms with Crippen LogP contribution in [-0.2, 0) is 29.5 Å². The fourth-order valence-electron chi connectivity index (χ4n) is 3.71. The Bertz CT molecular complexity index is 860. The zero-order valence-corrected chi connectivity index (χ0v) is 17.5. The first-order valence-corrected chi connectivity index (χ1v) is 10.0. The third-order valence-electron chi connectivity index (χ3n) is 5.26. The number of hydrogen-bond donors (Lipinski definition) is 0. The highest BCUT2D eigenvalue weighted by atomic mass is 16.5. The Kier molecular flexibility index (Phi) is 6.63. The summed E-state index contributed by atoms with van der Waals surface area (Å²) >= 11 is 0. The monoisotopic (exact) mass is 403 g/mol. The summed E-state index contributed by atoms with van der Waals surface area (Å²) in [6.07, 6.45) is 4.12. The summed E-state index contributed by atoms with van der Waals surface area (Å²) in [5.41, 5.74) is 1.99. The van der Waals surface area contributed by atoms with Gasteiger partial charge in [-0.2, -0.15) is 5.10 Å². The third kappa shape index (κ3) is 4.31. The van der Waals surface area contributed by atoms with Crippen LogP contribution in [0, 0.1) is 0 Å². The fraction of sp³-hybridized carbons (Fsp3) is 0.632. The van der Waals surface area contributed by atoms with E-state index in [0.717, 1.165) is 11.3 Å². The Balaban J connectivity index is 1.69. The number of rotatable bonds is 6. The summed E-state index contributed by atoms with van der Waals surface area (Å²) in [4.78, 5) is 29.6. The summed E-state index contributed by atoms with van der Waals surface area (Å²) in [6, 6.07) is 0. The molecule has 2 aromatic heterocycles. The minimum absolute atomic E-state index is 0.110. The summed E-state index contributed by atoms with van der Waals surface area (Å²) < 4.78 is 8.86. The molecule has 0 aliphatic carbocycles. The molecule has 0 spiro atoms. The number of nitrogens with zero attached hydrogens (tertiary/aromatic N) is 7. The molecule has 0 N–H and O–H groups in total. The van der Waals surface area contributed by atoms with Gasteiger partial charge in [-0.3, -0.25) is 14.3 Å². The molecule has 2 amide bonds. The maximum Gasteiger partial charge on any atom is 0.276 e. The molecule has 0 aromatic carbocycles. The van der Waals surface area contributed by atoms with Gasteiger partial charge in [0.25, 0.3) is 11.8 Å². The predicted molar refractivity (Wildman–Crippen MR) is 105 cm³/mol. The van der Waals surface area contributed by atoms with Crippen LogP contribution in [0.4, 0.5) is 0 Å². The van der Waals surface area contributed by atoms with E-state index < -0.39 is 6.10 Å². The van der Waals surface area contributed by atoms with E-state index in [1.54, 1.807) is 38.6 Å². The molecule has 1 aliphatic heterocycles. The highest BCUT2D eigenvalue weighted by Crippen LogP contribution is 2.20. The second-order valence-corrected chi connectivity index (χ2v) is 7.09. The first kappa shape index (κ1) is 21.0. The number of methoxy groups -OCH3 is 1. The largest absolute Gasteiger partial charge is 0.367 e. The van der Waals surface area contributed by atoms with Crippen molar-refractivity contribution in [2.75, 3.05) is 33.3 Å². The molecule has 3 heterocycles. The molecule has 29 heavy (non-hydrogen) atoms. The van der Waals surface area contributed by atoms with Gasteiger partial charge in [0.2, 0.25) is 0 Å². The maximum absolute atomic E-state index is 13.0. The van der Waals surface area contributed by atoms with Crippen molar-refractivity contribution in [3.63, 3.8) is 0 Å². The lowest BCUT2D eigenvalue weighted by molar-refractivity contribution is -0.142. The number of aromatic nitrogens is 5. The standard InChI is InChI=1S/C19H29N7O3/c1-5-15-16(21-22-26(15)6-2)18(27)24-8-7-9-25(11-10-24)19(28)17(29-4)14-12-20-23(3)13-14/h12-13,17H,5-11H2,1-4H3. The lowest BCUT2D eigenvalue weighted by atomic mass is 10.1. The van der Waals surface area contributed by atoms with Crippen LogP contribution in [0.25, 0.3) is 0 Å². The van der Waals surface area contributed by atoms with Crippen molar-refractivity contribution in [2.45, 2.75) is 39.3 Å². The quantitative estimate of drug-likeness (QED) is 0.703. The first-order valence-electron chi connectivity index (χ1n) is 10.0. The molecule has 1 saturated heterocycles. The van der Waals surface area contributed by atoms with Crippen molar-refractivity contribution in [1.82, 2.24) is 34.6 Å². The van der Waals surface area contributed by atoms with Gasteiger partial charge in [0.1, 0.15) is 0 Å². The van der Waals surface area contributed by atoms with E-state index in [2.05, 4.69) is 15.4 Å². The number of amides is 2. The smallest absolute Gasteiger partial charge is 0.276 e. The number of carbonyl (C=O) groups excluding carboxylic acids is 2. The van der Waals surface area contributed by atoms with E-state index in [-0.39, 0.29) is 11.8 Å². The Morgan fingerprint density at radius 1 is 1.17 bits per heavy atom. The molecule has 3 rings (SSSR count). The average molecular weight is 403 g/mol. The fourth-order valence-corrected chi connectivity index (χ4v) is 3.71. The molecular weight excluding hydrogens is 374 g/mol. The average Bonchev–Trinajstić information content (AvgIpc) is 3.25. The van der Waals surface area contributed by atoms with Crippen molar-refractivity contribution in [1.29, 1.82) is 0 Å².